The Kier molecular flexibility index (Phi) is 9.17. The van der Waals surface area contributed by atoms with Crippen molar-refractivity contribution in [1.82, 2.24) is 19.6 Å². The Morgan fingerprint density at radius 3 is 1.92 bits per heavy atom. The number of carboxylic acids is 1. The zero-order chi connectivity index (χ0) is 18.1. The molecule has 0 saturated carbocycles. The Balaban J connectivity index is 1.94. The summed E-state index contributed by atoms with van der Waals surface area (Å²) in [5, 5.41) is 9.12. The maximum absolute atomic E-state index is 11.1. The van der Waals surface area contributed by atoms with Gasteiger partial charge in [0, 0.05) is 52.4 Å². The number of hydrogen-bond donors (Lipinski definition) is 1. The molecule has 2 saturated heterocycles. The van der Waals surface area contributed by atoms with Crippen molar-refractivity contribution in [2.75, 3.05) is 78.5 Å². The minimum absolute atomic E-state index is 0.177. The SMILES string of the molecule is CCC(C)CN1CCCN2CCN(CCCN(CC(=O)O)CC2)CC1. The lowest BCUT2D eigenvalue weighted by Gasteiger charge is -2.36. The topological polar surface area (TPSA) is 50.3 Å². The highest BCUT2D eigenvalue weighted by atomic mass is 16.4. The van der Waals surface area contributed by atoms with Gasteiger partial charge in [-0.3, -0.25) is 9.69 Å². The minimum Gasteiger partial charge on any atom is -0.480 e. The van der Waals surface area contributed by atoms with Crippen LogP contribution in [0.1, 0.15) is 33.1 Å². The van der Waals surface area contributed by atoms with Gasteiger partial charge in [-0.2, -0.15) is 0 Å². The summed E-state index contributed by atoms with van der Waals surface area (Å²) in [5.41, 5.74) is 0. The van der Waals surface area contributed by atoms with Crippen LogP contribution in [0.25, 0.3) is 0 Å². The van der Waals surface area contributed by atoms with E-state index in [2.05, 4.69) is 33.4 Å². The van der Waals surface area contributed by atoms with Gasteiger partial charge in [-0.15, -0.1) is 0 Å². The quantitative estimate of drug-likeness (QED) is 0.799. The van der Waals surface area contributed by atoms with E-state index in [0.717, 1.165) is 64.7 Å². The lowest BCUT2D eigenvalue weighted by Crippen LogP contribution is -2.47. The molecule has 2 aliphatic rings. The molecule has 6 nitrogen and oxygen atoms in total. The summed E-state index contributed by atoms with van der Waals surface area (Å²) < 4.78 is 0. The van der Waals surface area contributed by atoms with Gasteiger partial charge in [0.1, 0.15) is 0 Å². The van der Waals surface area contributed by atoms with Crippen LogP contribution >= 0.6 is 0 Å². The molecule has 2 heterocycles. The van der Waals surface area contributed by atoms with E-state index < -0.39 is 5.97 Å². The third kappa shape index (κ3) is 8.03. The molecule has 25 heavy (non-hydrogen) atoms. The predicted molar refractivity (Wildman–Crippen MR) is 102 cm³/mol. The number of fused-ring (bicyclic) bond motifs is 3. The Hall–Kier alpha value is -0.690. The average molecular weight is 355 g/mol. The predicted octanol–water partition coefficient (Wildman–Crippen LogP) is 1.13. The van der Waals surface area contributed by atoms with Crippen molar-refractivity contribution in [2.45, 2.75) is 33.1 Å². The van der Waals surface area contributed by atoms with Crippen LogP contribution in [0.4, 0.5) is 0 Å². The van der Waals surface area contributed by atoms with Gasteiger partial charge in [0.25, 0.3) is 0 Å². The molecule has 3 unspecified atom stereocenters. The normalized spacial score (nSPS) is 29.2. The number of carboxylic acid groups (broad SMARTS) is 1. The van der Waals surface area contributed by atoms with E-state index in [9.17, 15) is 4.79 Å². The van der Waals surface area contributed by atoms with Crippen LogP contribution in [0.15, 0.2) is 0 Å². The molecule has 2 fully saturated rings. The smallest absolute Gasteiger partial charge is 0.317 e. The molecule has 2 rings (SSSR count). The fraction of sp³-hybridized carbons (Fsp3) is 0.947. The van der Waals surface area contributed by atoms with E-state index >= 15 is 0 Å². The standard InChI is InChI=1S/C19H38N4O2/c1-3-18(2)16-22-8-4-6-21-11-10-20(12-14-22)7-5-9-23(15-13-21)17-19(24)25/h18H,3-17H2,1-2H3,(H,24,25). The van der Waals surface area contributed by atoms with Gasteiger partial charge in [0.2, 0.25) is 0 Å². The number of nitrogens with zero attached hydrogens (tertiary/aromatic N) is 4. The lowest BCUT2D eigenvalue weighted by atomic mass is 10.1. The summed E-state index contributed by atoms with van der Waals surface area (Å²) in [5.74, 6) is 0.0678. The molecule has 2 bridgehead atoms. The van der Waals surface area contributed by atoms with Crippen molar-refractivity contribution < 1.29 is 9.90 Å². The molecule has 6 heteroatoms. The number of aliphatic carboxylic acids is 1. The molecular formula is C19H38N4O2. The van der Waals surface area contributed by atoms with Crippen LogP contribution in [0.3, 0.4) is 0 Å². The van der Waals surface area contributed by atoms with Gasteiger partial charge in [-0.1, -0.05) is 20.3 Å². The number of carbonyl (C=O) groups is 1. The van der Waals surface area contributed by atoms with Gasteiger partial charge in [0.15, 0.2) is 0 Å². The first-order chi connectivity index (χ1) is 12.1. The molecule has 0 radical (unpaired) electrons. The maximum atomic E-state index is 11.1. The molecule has 0 aliphatic carbocycles. The van der Waals surface area contributed by atoms with Gasteiger partial charge in [0.05, 0.1) is 6.54 Å². The molecule has 0 aromatic heterocycles. The van der Waals surface area contributed by atoms with Crippen molar-refractivity contribution >= 4 is 5.97 Å². The third-order valence-corrected chi connectivity index (χ3v) is 5.72. The molecule has 1 N–H and O–H groups in total. The zero-order valence-electron chi connectivity index (χ0n) is 16.3. The van der Waals surface area contributed by atoms with Crippen LogP contribution in [0, 0.1) is 5.92 Å². The number of rotatable bonds is 5. The summed E-state index contributed by atoms with van der Waals surface area (Å²) in [4.78, 5) is 21.0. The molecule has 0 spiro atoms. The van der Waals surface area contributed by atoms with Crippen molar-refractivity contribution in [3.05, 3.63) is 0 Å². The van der Waals surface area contributed by atoms with Crippen LogP contribution in [-0.2, 0) is 4.79 Å². The molecule has 0 amide bonds. The fourth-order valence-electron chi connectivity index (χ4n) is 3.88. The first kappa shape index (κ1) is 20.6. The summed E-state index contributed by atoms with van der Waals surface area (Å²) in [6, 6.07) is 0. The van der Waals surface area contributed by atoms with Gasteiger partial charge < -0.3 is 19.8 Å². The van der Waals surface area contributed by atoms with Crippen molar-refractivity contribution in [1.29, 1.82) is 0 Å². The minimum atomic E-state index is -0.706. The zero-order valence-corrected chi connectivity index (χ0v) is 16.3. The molecule has 3 atom stereocenters. The van der Waals surface area contributed by atoms with Gasteiger partial charge in [-0.05, 0) is 38.4 Å². The van der Waals surface area contributed by atoms with Gasteiger partial charge >= 0.3 is 5.97 Å². The highest BCUT2D eigenvalue weighted by molar-refractivity contribution is 5.69. The largest absolute Gasteiger partial charge is 0.480 e. The molecular weight excluding hydrogens is 316 g/mol. The van der Waals surface area contributed by atoms with E-state index in [1.54, 1.807) is 0 Å². The fourth-order valence-corrected chi connectivity index (χ4v) is 3.88. The van der Waals surface area contributed by atoms with E-state index in [4.69, 9.17) is 5.11 Å². The van der Waals surface area contributed by atoms with E-state index in [0.29, 0.717) is 0 Å². The van der Waals surface area contributed by atoms with Crippen LogP contribution in [-0.4, -0.2) is 109 Å². The second-order valence-electron chi connectivity index (χ2n) is 7.87. The highest BCUT2D eigenvalue weighted by Crippen LogP contribution is 2.09. The van der Waals surface area contributed by atoms with Gasteiger partial charge in [-0.25, -0.2) is 0 Å². The van der Waals surface area contributed by atoms with Crippen LogP contribution in [0.2, 0.25) is 0 Å². The highest BCUT2D eigenvalue weighted by Gasteiger charge is 2.19. The maximum Gasteiger partial charge on any atom is 0.317 e. The van der Waals surface area contributed by atoms with Crippen LogP contribution in [0.5, 0.6) is 0 Å². The van der Waals surface area contributed by atoms with Crippen molar-refractivity contribution in [2.24, 2.45) is 5.92 Å². The summed E-state index contributed by atoms with van der Waals surface area (Å²) in [7, 11) is 0. The first-order valence-corrected chi connectivity index (χ1v) is 10.2. The Labute approximate surface area is 153 Å². The number of hydrogen-bond acceptors (Lipinski definition) is 5. The Morgan fingerprint density at radius 2 is 1.36 bits per heavy atom. The first-order valence-electron chi connectivity index (χ1n) is 10.2. The Morgan fingerprint density at radius 1 is 0.840 bits per heavy atom. The molecule has 0 aromatic rings. The van der Waals surface area contributed by atoms with E-state index in [-0.39, 0.29) is 6.54 Å². The molecule has 146 valence electrons. The van der Waals surface area contributed by atoms with Crippen molar-refractivity contribution in [3.63, 3.8) is 0 Å². The third-order valence-electron chi connectivity index (χ3n) is 5.72. The van der Waals surface area contributed by atoms with E-state index in [1.165, 1.54) is 32.5 Å². The lowest BCUT2D eigenvalue weighted by molar-refractivity contribution is -0.138. The molecule has 0 aromatic carbocycles. The second kappa shape index (κ2) is 11.1. The summed E-state index contributed by atoms with van der Waals surface area (Å²) >= 11 is 0. The summed E-state index contributed by atoms with van der Waals surface area (Å²) in [6.45, 7) is 16.8. The Bertz CT molecular complexity index is 394. The average Bonchev–Trinajstić information content (AvgIpc) is 2.59. The second-order valence-corrected chi connectivity index (χ2v) is 7.87. The van der Waals surface area contributed by atoms with Crippen molar-refractivity contribution in [3.8, 4) is 0 Å². The monoisotopic (exact) mass is 354 g/mol. The molecule has 2 aliphatic heterocycles. The summed E-state index contributed by atoms with van der Waals surface area (Å²) in [6.07, 6.45) is 3.54. The van der Waals surface area contributed by atoms with E-state index in [1.807, 2.05) is 0 Å². The van der Waals surface area contributed by atoms with Crippen LogP contribution < -0.4 is 0 Å².